The molecule has 3 rings (SSSR count). The number of nitrogens with zero attached hydrogens (tertiary/aromatic N) is 4. The predicted molar refractivity (Wildman–Crippen MR) is 82.8 cm³/mol. The Morgan fingerprint density at radius 1 is 1.14 bits per heavy atom. The van der Waals surface area contributed by atoms with Gasteiger partial charge in [-0.15, -0.1) is 0 Å². The van der Waals surface area contributed by atoms with E-state index in [2.05, 4.69) is 16.0 Å². The summed E-state index contributed by atoms with van der Waals surface area (Å²) in [4.78, 5) is 10.9. The van der Waals surface area contributed by atoms with Crippen molar-refractivity contribution in [1.29, 1.82) is 5.26 Å². The fraction of sp³-hybridized carbons (Fsp3) is 0.118. The van der Waals surface area contributed by atoms with Crippen LogP contribution in [-0.4, -0.2) is 17.0 Å². The van der Waals surface area contributed by atoms with Crippen molar-refractivity contribution in [2.75, 3.05) is 11.9 Å². The van der Waals surface area contributed by atoms with Gasteiger partial charge in [-0.1, -0.05) is 30.3 Å². The Labute approximate surface area is 123 Å². The fourth-order valence-corrected chi connectivity index (χ4v) is 2.23. The molecule has 0 amide bonds. The Balaban J connectivity index is 1.86. The first-order valence-corrected chi connectivity index (χ1v) is 6.68. The molecule has 2 aromatic carbocycles. The number of hydrogen-bond donors (Lipinski definition) is 0. The quantitative estimate of drug-likeness (QED) is 0.736. The van der Waals surface area contributed by atoms with E-state index in [4.69, 9.17) is 5.26 Å². The van der Waals surface area contributed by atoms with Gasteiger partial charge < -0.3 is 4.90 Å². The lowest BCUT2D eigenvalue weighted by Crippen LogP contribution is -2.19. The Morgan fingerprint density at radius 3 is 2.86 bits per heavy atom. The molecule has 1 heterocycles. The summed E-state index contributed by atoms with van der Waals surface area (Å²) >= 11 is 0. The minimum atomic E-state index is 0.661. The van der Waals surface area contributed by atoms with E-state index in [0.29, 0.717) is 18.1 Å². The largest absolute Gasteiger partial charge is 0.340 e. The summed E-state index contributed by atoms with van der Waals surface area (Å²) in [5.41, 5.74) is 2.66. The number of anilines is 1. The highest BCUT2D eigenvalue weighted by atomic mass is 15.2. The van der Waals surface area contributed by atoms with Crippen LogP contribution < -0.4 is 4.90 Å². The third-order valence-electron chi connectivity index (χ3n) is 3.29. The van der Waals surface area contributed by atoms with Gasteiger partial charge in [-0.2, -0.15) is 5.26 Å². The maximum atomic E-state index is 8.94. The van der Waals surface area contributed by atoms with Crippen molar-refractivity contribution >= 4 is 16.9 Å². The highest BCUT2D eigenvalue weighted by Crippen LogP contribution is 2.16. The molecule has 3 aromatic rings. The summed E-state index contributed by atoms with van der Waals surface area (Å²) in [6.45, 7) is 0.661. The average molecular weight is 274 g/mol. The molecule has 4 heteroatoms. The molecule has 0 saturated heterocycles. The van der Waals surface area contributed by atoms with E-state index in [0.717, 1.165) is 16.5 Å². The van der Waals surface area contributed by atoms with Crippen LogP contribution in [0.4, 0.5) is 5.95 Å². The van der Waals surface area contributed by atoms with E-state index in [-0.39, 0.29) is 0 Å². The van der Waals surface area contributed by atoms with Gasteiger partial charge in [0.2, 0.25) is 5.95 Å². The molecule has 0 spiro atoms. The number of nitriles is 1. The molecule has 0 aliphatic heterocycles. The lowest BCUT2D eigenvalue weighted by atomic mass is 10.1. The topological polar surface area (TPSA) is 52.8 Å². The van der Waals surface area contributed by atoms with Gasteiger partial charge in [-0.3, -0.25) is 0 Å². The Morgan fingerprint density at radius 2 is 2.00 bits per heavy atom. The van der Waals surface area contributed by atoms with Gasteiger partial charge in [-0.25, -0.2) is 9.97 Å². The summed E-state index contributed by atoms with van der Waals surface area (Å²) < 4.78 is 0. The maximum absolute atomic E-state index is 8.94. The number of benzene rings is 2. The summed E-state index contributed by atoms with van der Waals surface area (Å²) in [7, 11) is 1.95. The van der Waals surface area contributed by atoms with Crippen LogP contribution in [0.15, 0.2) is 54.7 Å². The van der Waals surface area contributed by atoms with Gasteiger partial charge in [0.05, 0.1) is 17.1 Å². The van der Waals surface area contributed by atoms with Crippen LogP contribution in [0.25, 0.3) is 10.9 Å². The first kappa shape index (κ1) is 13.1. The molecular weight excluding hydrogens is 260 g/mol. The molecule has 1 aromatic heterocycles. The lowest BCUT2D eigenvalue weighted by molar-refractivity contribution is 0.873. The van der Waals surface area contributed by atoms with E-state index >= 15 is 0 Å². The van der Waals surface area contributed by atoms with Gasteiger partial charge >= 0.3 is 0 Å². The van der Waals surface area contributed by atoms with Crippen molar-refractivity contribution in [2.24, 2.45) is 0 Å². The van der Waals surface area contributed by atoms with E-state index in [1.807, 2.05) is 60.6 Å². The number of hydrogen-bond acceptors (Lipinski definition) is 4. The summed E-state index contributed by atoms with van der Waals surface area (Å²) in [5, 5.41) is 9.97. The van der Waals surface area contributed by atoms with Crippen LogP contribution in [-0.2, 0) is 6.54 Å². The second-order valence-corrected chi connectivity index (χ2v) is 4.90. The summed E-state index contributed by atoms with van der Waals surface area (Å²) in [5.74, 6) is 0.677. The van der Waals surface area contributed by atoms with Crippen LogP contribution in [0.5, 0.6) is 0 Å². The molecule has 4 nitrogen and oxygen atoms in total. The van der Waals surface area contributed by atoms with Gasteiger partial charge in [0.25, 0.3) is 0 Å². The Bertz CT molecular complexity index is 820. The van der Waals surface area contributed by atoms with Crippen molar-refractivity contribution in [3.8, 4) is 6.07 Å². The van der Waals surface area contributed by atoms with Crippen LogP contribution >= 0.6 is 0 Å². The zero-order valence-electron chi connectivity index (χ0n) is 11.7. The molecule has 0 unspecified atom stereocenters. The van der Waals surface area contributed by atoms with Crippen molar-refractivity contribution < 1.29 is 0 Å². The van der Waals surface area contributed by atoms with Crippen LogP contribution in [0.3, 0.4) is 0 Å². The zero-order chi connectivity index (χ0) is 14.7. The SMILES string of the molecule is CN(Cc1cccc(C#N)c1)c1ncc2ccccc2n1. The van der Waals surface area contributed by atoms with Crippen molar-refractivity contribution in [1.82, 2.24) is 9.97 Å². The van der Waals surface area contributed by atoms with Gasteiger partial charge in [-0.05, 0) is 23.8 Å². The van der Waals surface area contributed by atoms with Gasteiger partial charge in [0, 0.05) is 25.2 Å². The molecule has 0 saturated carbocycles. The number of rotatable bonds is 3. The van der Waals surface area contributed by atoms with Gasteiger partial charge in [0.1, 0.15) is 0 Å². The summed E-state index contributed by atoms with van der Waals surface area (Å²) in [6.07, 6.45) is 1.83. The highest BCUT2D eigenvalue weighted by molar-refractivity contribution is 5.78. The molecule has 0 fully saturated rings. The lowest BCUT2D eigenvalue weighted by Gasteiger charge is -2.17. The minimum absolute atomic E-state index is 0.661. The molecular formula is C17H14N4. The first-order chi connectivity index (χ1) is 10.3. The molecule has 0 N–H and O–H groups in total. The summed E-state index contributed by atoms with van der Waals surface area (Å²) in [6, 6.07) is 17.6. The van der Waals surface area contributed by atoms with E-state index in [1.165, 1.54) is 0 Å². The zero-order valence-corrected chi connectivity index (χ0v) is 11.7. The van der Waals surface area contributed by atoms with E-state index < -0.39 is 0 Å². The molecule has 21 heavy (non-hydrogen) atoms. The standard InChI is InChI=1S/C17H14N4/c1-21(12-14-6-4-5-13(9-14)10-18)17-19-11-15-7-2-3-8-16(15)20-17/h2-9,11H,12H2,1H3. The van der Waals surface area contributed by atoms with Crippen molar-refractivity contribution in [2.45, 2.75) is 6.54 Å². The molecule has 0 atom stereocenters. The minimum Gasteiger partial charge on any atom is -0.340 e. The van der Waals surface area contributed by atoms with Crippen molar-refractivity contribution in [3.05, 3.63) is 65.9 Å². The molecule has 0 aliphatic carbocycles. The predicted octanol–water partition coefficient (Wildman–Crippen LogP) is 3.14. The molecule has 0 bridgehead atoms. The molecule has 0 aliphatic rings. The maximum Gasteiger partial charge on any atom is 0.225 e. The smallest absolute Gasteiger partial charge is 0.225 e. The third-order valence-corrected chi connectivity index (χ3v) is 3.29. The van der Waals surface area contributed by atoms with Crippen LogP contribution in [0, 0.1) is 11.3 Å². The number of fused-ring (bicyclic) bond motifs is 1. The van der Waals surface area contributed by atoms with E-state index in [1.54, 1.807) is 6.07 Å². The van der Waals surface area contributed by atoms with Gasteiger partial charge in [0.15, 0.2) is 0 Å². The normalized spacial score (nSPS) is 10.3. The highest BCUT2D eigenvalue weighted by Gasteiger charge is 2.06. The van der Waals surface area contributed by atoms with Crippen LogP contribution in [0.2, 0.25) is 0 Å². The third kappa shape index (κ3) is 2.82. The van der Waals surface area contributed by atoms with E-state index in [9.17, 15) is 0 Å². The molecule has 0 radical (unpaired) electrons. The monoisotopic (exact) mass is 274 g/mol. The number of aromatic nitrogens is 2. The average Bonchev–Trinajstić information content (AvgIpc) is 2.54. The van der Waals surface area contributed by atoms with Crippen LogP contribution in [0.1, 0.15) is 11.1 Å². The second kappa shape index (κ2) is 5.59. The second-order valence-electron chi connectivity index (χ2n) is 4.90. The fourth-order valence-electron chi connectivity index (χ4n) is 2.23. The number of para-hydroxylation sites is 1. The first-order valence-electron chi connectivity index (χ1n) is 6.68. The Kier molecular flexibility index (Phi) is 3.48. The molecule has 102 valence electrons. The Hall–Kier alpha value is -2.93. The van der Waals surface area contributed by atoms with Crippen molar-refractivity contribution in [3.63, 3.8) is 0 Å².